The van der Waals surface area contributed by atoms with E-state index in [9.17, 15) is 22.8 Å². The van der Waals surface area contributed by atoms with Gasteiger partial charge in [-0.2, -0.15) is 13.2 Å². The number of aromatic nitrogens is 2. The standard InChI is InChI=1S/C11H15F3N4O3/c1-7(17-10(20)21-2)3-15-9(19)8-4-18(6-16-8)5-11(12,13)14/h4,6-7H,3,5H2,1-2H3,(H,15,19)(H,17,20)/t7-/m1/s1. The van der Waals surface area contributed by atoms with Crippen molar-refractivity contribution in [3.05, 3.63) is 18.2 Å². The second-order valence-corrected chi connectivity index (χ2v) is 4.29. The van der Waals surface area contributed by atoms with Gasteiger partial charge in [0.2, 0.25) is 0 Å². The maximum absolute atomic E-state index is 12.2. The van der Waals surface area contributed by atoms with Crippen molar-refractivity contribution in [3.8, 4) is 0 Å². The van der Waals surface area contributed by atoms with Crippen molar-refractivity contribution in [2.75, 3.05) is 13.7 Å². The van der Waals surface area contributed by atoms with Gasteiger partial charge in [-0.15, -0.1) is 0 Å². The van der Waals surface area contributed by atoms with Crippen LogP contribution in [0.25, 0.3) is 0 Å². The summed E-state index contributed by atoms with van der Waals surface area (Å²) in [5, 5.41) is 4.86. The Morgan fingerprint density at radius 3 is 2.71 bits per heavy atom. The average molecular weight is 308 g/mol. The molecule has 0 aromatic carbocycles. The zero-order valence-electron chi connectivity index (χ0n) is 11.4. The highest BCUT2D eigenvalue weighted by molar-refractivity contribution is 5.92. The largest absolute Gasteiger partial charge is 0.453 e. The molecule has 0 saturated carbocycles. The van der Waals surface area contributed by atoms with Crippen molar-refractivity contribution in [1.82, 2.24) is 20.2 Å². The highest BCUT2D eigenvalue weighted by atomic mass is 19.4. The number of methoxy groups -OCH3 is 1. The van der Waals surface area contributed by atoms with Gasteiger partial charge in [-0.1, -0.05) is 0 Å². The molecule has 21 heavy (non-hydrogen) atoms. The Bertz CT molecular complexity index is 501. The van der Waals surface area contributed by atoms with Crippen LogP contribution in [0.3, 0.4) is 0 Å². The summed E-state index contributed by atoms with van der Waals surface area (Å²) in [5.41, 5.74) is -0.135. The van der Waals surface area contributed by atoms with E-state index in [4.69, 9.17) is 0 Å². The van der Waals surface area contributed by atoms with E-state index >= 15 is 0 Å². The molecule has 1 atom stereocenters. The van der Waals surface area contributed by atoms with Gasteiger partial charge in [0.25, 0.3) is 5.91 Å². The monoisotopic (exact) mass is 308 g/mol. The number of halogens is 3. The van der Waals surface area contributed by atoms with Gasteiger partial charge in [0.15, 0.2) is 0 Å². The molecule has 0 aliphatic rings. The number of nitrogens with zero attached hydrogens (tertiary/aromatic N) is 2. The van der Waals surface area contributed by atoms with Gasteiger partial charge < -0.3 is 19.9 Å². The average Bonchev–Trinajstić information content (AvgIpc) is 2.81. The van der Waals surface area contributed by atoms with Crippen molar-refractivity contribution in [3.63, 3.8) is 0 Å². The summed E-state index contributed by atoms with van der Waals surface area (Å²) < 4.78 is 41.6. The zero-order valence-corrected chi connectivity index (χ0v) is 11.4. The molecule has 0 bridgehead atoms. The fraction of sp³-hybridized carbons (Fsp3) is 0.545. The number of imidazole rings is 1. The quantitative estimate of drug-likeness (QED) is 0.847. The Hall–Kier alpha value is -2.26. The van der Waals surface area contributed by atoms with Gasteiger partial charge in [0.1, 0.15) is 12.2 Å². The lowest BCUT2D eigenvalue weighted by molar-refractivity contribution is -0.140. The lowest BCUT2D eigenvalue weighted by Crippen LogP contribution is -2.41. The summed E-state index contributed by atoms with van der Waals surface area (Å²) in [6, 6.07) is -0.404. The van der Waals surface area contributed by atoms with E-state index in [1.807, 2.05) is 0 Å². The topological polar surface area (TPSA) is 85.3 Å². The van der Waals surface area contributed by atoms with Crippen LogP contribution in [0.15, 0.2) is 12.5 Å². The van der Waals surface area contributed by atoms with Crippen molar-refractivity contribution in [1.29, 1.82) is 0 Å². The number of alkyl carbamates (subject to hydrolysis) is 1. The van der Waals surface area contributed by atoms with Gasteiger partial charge in [0.05, 0.1) is 13.4 Å². The molecule has 0 unspecified atom stereocenters. The molecular weight excluding hydrogens is 293 g/mol. The molecule has 1 aromatic rings. The first-order valence-electron chi connectivity index (χ1n) is 5.92. The van der Waals surface area contributed by atoms with Gasteiger partial charge in [0, 0.05) is 18.8 Å². The second kappa shape index (κ2) is 6.95. The first-order chi connectivity index (χ1) is 9.71. The van der Waals surface area contributed by atoms with Crippen molar-refractivity contribution < 1.29 is 27.5 Å². The molecule has 10 heteroatoms. The van der Waals surface area contributed by atoms with E-state index in [1.54, 1.807) is 6.92 Å². The Kier molecular flexibility index (Phi) is 5.56. The third-order valence-corrected chi connectivity index (χ3v) is 2.35. The van der Waals surface area contributed by atoms with Gasteiger partial charge >= 0.3 is 12.3 Å². The smallest absolute Gasteiger partial charge is 0.407 e. The van der Waals surface area contributed by atoms with Crippen LogP contribution in [0.1, 0.15) is 17.4 Å². The summed E-state index contributed by atoms with van der Waals surface area (Å²) in [6.45, 7) is 0.493. The molecule has 0 fully saturated rings. The van der Waals surface area contributed by atoms with Crippen LogP contribution in [0.4, 0.5) is 18.0 Å². The summed E-state index contributed by atoms with van der Waals surface area (Å²) in [6.07, 6.45) is -3.10. The number of hydrogen-bond donors (Lipinski definition) is 2. The molecule has 0 spiro atoms. The number of alkyl halides is 3. The Morgan fingerprint density at radius 1 is 1.48 bits per heavy atom. The predicted octanol–water partition coefficient (Wildman–Crippen LogP) is 0.920. The van der Waals surface area contributed by atoms with Gasteiger partial charge in [-0.3, -0.25) is 4.79 Å². The number of ether oxygens (including phenoxy) is 1. The van der Waals surface area contributed by atoms with E-state index in [0.717, 1.165) is 17.1 Å². The Morgan fingerprint density at radius 2 is 2.14 bits per heavy atom. The molecule has 2 N–H and O–H groups in total. The molecule has 1 rings (SSSR count). The van der Waals surface area contributed by atoms with Crippen LogP contribution in [-0.2, 0) is 11.3 Å². The number of carbonyl (C=O) groups is 2. The molecule has 0 aliphatic heterocycles. The molecule has 1 heterocycles. The van der Waals surface area contributed by atoms with Crippen LogP contribution in [0, 0.1) is 0 Å². The lowest BCUT2D eigenvalue weighted by atomic mass is 10.3. The molecule has 2 amide bonds. The molecular formula is C11H15F3N4O3. The van der Waals surface area contributed by atoms with Crippen LogP contribution in [-0.4, -0.2) is 47.4 Å². The summed E-state index contributed by atoms with van der Waals surface area (Å²) in [5.74, 6) is -0.630. The highest BCUT2D eigenvalue weighted by Gasteiger charge is 2.28. The van der Waals surface area contributed by atoms with E-state index in [0.29, 0.717) is 0 Å². The molecule has 1 aromatic heterocycles. The van der Waals surface area contributed by atoms with Crippen molar-refractivity contribution in [2.45, 2.75) is 25.7 Å². The maximum Gasteiger partial charge on any atom is 0.407 e. The Labute approximate surface area is 118 Å². The van der Waals surface area contributed by atoms with E-state index in [-0.39, 0.29) is 12.2 Å². The van der Waals surface area contributed by atoms with Gasteiger partial charge in [-0.25, -0.2) is 9.78 Å². The number of amides is 2. The number of carbonyl (C=O) groups excluding carboxylic acids is 2. The first kappa shape index (κ1) is 16.8. The fourth-order valence-electron chi connectivity index (χ4n) is 1.42. The lowest BCUT2D eigenvalue weighted by Gasteiger charge is -2.13. The van der Waals surface area contributed by atoms with Crippen LogP contribution >= 0.6 is 0 Å². The SMILES string of the molecule is COC(=O)N[C@H](C)CNC(=O)c1cn(CC(F)(F)F)cn1. The minimum Gasteiger partial charge on any atom is -0.453 e. The third kappa shape index (κ3) is 6.15. The van der Waals surface area contributed by atoms with Crippen LogP contribution < -0.4 is 10.6 Å². The minimum atomic E-state index is -4.38. The number of rotatable bonds is 5. The van der Waals surface area contributed by atoms with Crippen molar-refractivity contribution >= 4 is 12.0 Å². The van der Waals surface area contributed by atoms with Crippen LogP contribution in [0.2, 0.25) is 0 Å². The Balaban J connectivity index is 2.47. The third-order valence-electron chi connectivity index (χ3n) is 2.35. The number of nitrogens with one attached hydrogen (secondary N) is 2. The molecule has 0 aliphatic carbocycles. The molecule has 7 nitrogen and oxygen atoms in total. The fourth-order valence-corrected chi connectivity index (χ4v) is 1.42. The summed E-state index contributed by atoms with van der Waals surface area (Å²) in [7, 11) is 1.20. The minimum absolute atomic E-state index is 0.0834. The summed E-state index contributed by atoms with van der Waals surface area (Å²) >= 11 is 0. The second-order valence-electron chi connectivity index (χ2n) is 4.29. The predicted molar refractivity (Wildman–Crippen MR) is 65.6 cm³/mol. The normalized spacial score (nSPS) is 12.6. The highest BCUT2D eigenvalue weighted by Crippen LogP contribution is 2.17. The van der Waals surface area contributed by atoms with Gasteiger partial charge in [-0.05, 0) is 6.92 Å². The zero-order chi connectivity index (χ0) is 16.0. The van der Waals surface area contributed by atoms with Crippen LogP contribution in [0.5, 0.6) is 0 Å². The first-order valence-corrected chi connectivity index (χ1v) is 5.92. The molecule has 118 valence electrons. The molecule has 0 saturated heterocycles. The molecule has 0 radical (unpaired) electrons. The maximum atomic E-state index is 12.2. The number of hydrogen-bond acceptors (Lipinski definition) is 4. The van der Waals surface area contributed by atoms with Crippen molar-refractivity contribution in [2.24, 2.45) is 0 Å². The van der Waals surface area contributed by atoms with E-state index < -0.39 is 30.8 Å². The van der Waals surface area contributed by atoms with E-state index in [1.165, 1.54) is 7.11 Å². The summed E-state index contributed by atoms with van der Waals surface area (Å²) in [4.78, 5) is 26.2. The van der Waals surface area contributed by atoms with E-state index in [2.05, 4.69) is 20.4 Å².